The van der Waals surface area contributed by atoms with E-state index < -0.39 is 0 Å². The second kappa shape index (κ2) is 7.46. The van der Waals surface area contributed by atoms with Crippen LogP contribution in [-0.4, -0.2) is 49.3 Å². The zero-order valence-electron chi connectivity index (χ0n) is 11.4. The molecule has 0 radical (unpaired) electrons. The molecule has 1 N–H and O–H groups in total. The number of rotatable bonds is 6. The van der Waals surface area contributed by atoms with Crippen LogP contribution in [0, 0.1) is 5.82 Å². The van der Waals surface area contributed by atoms with Crippen LogP contribution in [0.1, 0.15) is 19.3 Å². The fourth-order valence-electron chi connectivity index (χ4n) is 2.54. The number of aliphatic hydroxyl groups excluding tert-OH is 1. The molecule has 0 spiro atoms. The van der Waals surface area contributed by atoms with E-state index in [4.69, 9.17) is 5.11 Å². The predicted molar refractivity (Wildman–Crippen MR) is 76.0 cm³/mol. The Kier molecular flexibility index (Phi) is 5.61. The van der Waals surface area contributed by atoms with Crippen molar-refractivity contribution in [3.63, 3.8) is 0 Å². The fourth-order valence-corrected chi connectivity index (χ4v) is 2.54. The molecule has 0 aromatic heterocycles. The van der Waals surface area contributed by atoms with Crippen molar-refractivity contribution in [2.75, 3.05) is 44.2 Å². The maximum Gasteiger partial charge on any atom is 0.146 e. The lowest BCUT2D eigenvalue weighted by molar-refractivity contribution is 0.242. The molecule has 0 atom stereocenters. The highest BCUT2D eigenvalue weighted by Crippen LogP contribution is 2.20. The van der Waals surface area contributed by atoms with Gasteiger partial charge < -0.3 is 10.0 Å². The average Bonchev–Trinajstić information content (AvgIpc) is 2.45. The van der Waals surface area contributed by atoms with Gasteiger partial charge in [-0.2, -0.15) is 0 Å². The molecule has 0 amide bonds. The van der Waals surface area contributed by atoms with Gasteiger partial charge in [-0.1, -0.05) is 12.1 Å². The molecule has 106 valence electrons. The topological polar surface area (TPSA) is 26.7 Å². The maximum atomic E-state index is 13.7. The SMILES string of the molecule is OCCCCCN1CCN(c2ccccc2F)CC1. The van der Waals surface area contributed by atoms with E-state index in [1.165, 1.54) is 6.07 Å². The fraction of sp³-hybridized carbons (Fsp3) is 0.600. The van der Waals surface area contributed by atoms with Crippen molar-refractivity contribution >= 4 is 5.69 Å². The lowest BCUT2D eigenvalue weighted by Crippen LogP contribution is -2.46. The van der Waals surface area contributed by atoms with E-state index in [9.17, 15) is 4.39 Å². The smallest absolute Gasteiger partial charge is 0.146 e. The predicted octanol–water partition coefficient (Wildman–Crippen LogP) is 2.11. The molecule has 0 unspecified atom stereocenters. The van der Waals surface area contributed by atoms with Crippen LogP contribution < -0.4 is 4.90 Å². The van der Waals surface area contributed by atoms with Gasteiger partial charge in [-0.3, -0.25) is 4.90 Å². The molecule has 1 aliphatic heterocycles. The molecule has 1 aromatic carbocycles. The number of hydrogen-bond acceptors (Lipinski definition) is 3. The molecule has 19 heavy (non-hydrogen) atoms. The number of halogens is 1. The molecule has 4 heteroatoms. The molecule has 1 aromatic rings. The standard InChI is InChI=1S/C15H23FN2O/c16-14-6-2-3-7-15(14)18-11-9-17(10-12-18)8-4-1-5-13-19/h2-3,6-7,19H,1,4-5,8-13H2. The Morgan fingerprint density at radius 2 is 1.74 bits per heavy atom. The molecular formula is C15H23FN2O. The first-order chi connectivity index (χ1) is 9.31. The number of piperazine rings is 1. The lowest BCUT2D eigenvalue weighted by atomic mass is 10.2. The van der Waals surface area contributed by atoms with Gasteiger partial charge in [0.15, 0.2) is 0 Å². The summed E-state index contributed by atoms with van der Waals surface area (Å²) in [4.78, 5) is 4.55. The highest BCUT2D eigenvalue weighted by molar-refractivity contribution is 5.47. The van der Waals surface area contributed by atoms with E-state index in [0.29, 0.717) is 6.61 Å². The summed E-state index contributed by atoms with van der Waals surface area (Å²) in [6, 6.07) is 7.00. The average molecular weight is 266 g/mol. The van der Waals surface area contributed by atoms with Crippen LogP contribution >= 0.6 is 0 Å². The molecule has 0 aliphatic carbocycles. The number of unbranched alkanes of at least 4 members (excludes halogenated alkanes) is 2. The van der Waals surface area contributed by atoms with E-state index in [1.54, 1.807) is 6.07 Å². The number of aliphatic hydroxyl groups is 1. The lowest BCUT2D eigenvalue weighted by Gasteiger charge is -2.36. The second-order valence-electron chi connectivity index (χ2n) is 5.06. The Morgan fingerprint density at radius 1 is 1.00 bits per heavy atom. The van der Waals surface area contributed by atoms with Gasteiger partial charge in [0.25, 0.3) is 0 Å². The minimum atomic E-state index is -0.126. The van der Waals surface area contributed by atoms with E-state index in [2.05, 4.69) is 9.80 Å². The monoisotopic (exact) mass is 266 g/mol. The molecule has 0 saturated carbocycles. The van der Waals surface area contributed by atoms with Gasteiger partial charge in [0.05, 0.1) is 5.69 Å². The maximum absolute atomic E-state index is 13.7. The van der Waals surface area contributed by atoms with Crippen molar-refractivity contribution in [2.24, 2.45) is 0 Å². The van der Waals surface area contributed by atoms with Crippen molar-refractivity contribution in [3.05, 3.63) is 30.1 Å². The van der Waals surface area contributed by atoms with Crippen LogP contribution in [0.4, 0.5) is 10.1 Å². The van der Waals surface area contributed by atoms with Gasteiger partial charge in [-0.25, -0.2) is 4.39 Å². The highest BCUT2D eigenvalue weighted by Gasteiger charge is 2.18. The molecule has 3 nitrogen and oxygen atoms in total. The van der Waals surface area contributed by atoms with E-state index in [-0.39, 0.29) is 5.82 Å². The minimum Gasteiger partial charge on any atom is -0.396 e. The van der Waals surface area contributed by atoms with Crippen LogP contribution in [0.5, 0.6) is 0 Å². The third kappa shape index (κ3) is 4.18. The number of benzene rings is 1. The number of anilines is 1. The quantitative estimate of drug-likeness (QED) is 0.799. The number of para-hydroxylation sites is 1. The molecule has 0 bridgehead atoms. The molecule has 1 aliphatic rings. The third-order valence-electron chi connectivity index (χ3n) is 3.70. The molecule has 1 heterocycles. The van der Waals surface area contributed by atoms with Gasteiger partial charge in [0.1, 0.15) is 5.82 Å². The third-order valence-corrected chi connectivity index (χ3v) is 3.70. The summed E-state index contributed by atoms with van der Waals surface area (Å²) < 4.78 is 13.7. The van der Waals surface area contributed by atoms with Crippen LogP contribution in [0.3, 0.4) is 0 Å². The first-order valence-electron chi connectivity index (χ1n) is 7.14. The van der Waals surface area contributed by atoms with Gasteiger partial charge >= 0.3 is 0 Å². The molecular weight excluding hydrogens is 243 g/mol. The molecule has 1 fully saturated rings. The normalized spacial score (nSPS) is 16.8. The van der Waals surface area contributed by atoms with E-state index in [0.717, 1.165) is 57.7 Å². The first kappa shape index (κ1) is 14.3. The summed E-state index contributed by atoms with van der Waals surface area (Å²) in [6.45, 7) is 5.15. The number of nitrogens with zero attached hydrogens (tertiary/aromatic N) is 2. The summed E-state index contributed by atoms with van der Waals surface area (Å²) in [5.41, 5.74) is 0.724. The first-order valence-corrected chi connectivity index (χ1v) is 7.14. The molecule has 2 rings (SSSR count). The van der Waals surface area contributed by atoms with Crippen LogP contribution in [0.25, 0.3) is 0 Å². The van der Waals surface area contributed by atoms with Gasteiger partial charge in [-0.05, 0) is 37.9 Å². The summed E-state index contributed by atoms with van der Waals surface area (Å²) in [5, 5.41) is 8.73. The van der Waals surface area contributed by atoms with Crippen molar-refractivity contribution in [3.8, 4) is 0 Å². The van der Waals surface area contributed by atoms with Gasteiger partial charge in [-0.15, -0.1) is 0 Å². The van der Waals surface area contributed by atoms with Gasteiger partial charge in [0, 0.05) is 32.8 Å². The zero-order valence-corrected chi connectivity index (χ0v) is 11.4. The largest absolute Gasteiger partial charge is 0.396 e. The zero-order chi connectivity index (χ0) is 13.5. The Labute approximate surface area is 114 Å². The summed E-state index contributed by atoms with van der Waals surface area (Å²) in [5.74, 6) is -0.126. The van der Waals surface area contributed by atoms with Crippen molar-refractivity contribution in [2.45, 2.75) is 19.3 Å². The Morgan fingerprint density at radius 3 is 2.42 bits per heavy atom. The van der Waals surface area contributed by atoms with E-state index >= 15 is 0 Å². The van der Waals surface area contributed by atoms with Crippen LogP contribution in [0.2, 0.25) is 0 Å². The van der Waals surface area contributed by atoms with Crippen LogP contribution in [0.15, 0.2) is 24.3 Å². The minimum absolute atomic E-state index is 0.126. The summed E-state index contributed by atoms with van der Waals surface area (Å²) in [6.07, 6.45) is 3.12. The Bertz CT molecular complexity index is 378. The van der Waals surface area contributed by atoms with E-state index in [1.807, 2.05) is 12.1 Å². The van der Waals surface area contributed by atoms with Crippen LogP contribution in [-0.2, 0) is 0 Å². The molecule has 1 saturated heterocycles. The number of hydrogen-bond donors (Lipinski definition) is 1. The second-order valence-corrected chi connectivity index (χ2v) is 5.06. The summed E-state index contributed by atoms with van der Waals surface area (Å²) >= 11 is 0. The van der Waals surface area contributed by atoms with Crippen molar-refractivity contribution in [1.82, 2.24) is 4.90 Å². The van der Waals surface area contributed by atoms with Crippen molar-refractivity contribution in [1.29, 1.82) is 0 Å². The summed E-state index contributed by atoms with van der Waals surface area (Å²) in [7, 11) is 0. The highest BCUT2D eigenvalue weighted by atomic mass is 19.1. The Balaban J connectivity index is 1.75. The van der Waals surface area contributed by atoms with Crippen molar-refractivity contribution < 1.29 is 9.50 Å². The Hall–Kier alpha value is -1.13. The van der Waals surface area contributed by atoms with Gasteiger partial charge in [0.2, 0.25) is 0 Å².